The van der Waals surface area contributed by atoms with Gasteiger partial charge in [0.2, 0.25) is 5.91 Å². The number of methoxy groups -OCH3 is 2. The van der Waals surface area contributed by atoms with Crippen molar-refractivity contribution in [2.24, 2.45) is 5.73 Å². The first-order valence-corrected chi connectivity index (χ1v) is 5.73. The number of nitrogens with two attached hydrogens (primary N) is 1. The summed E-state index contributed by atoms with van der Waals surface area (Å²) in [5.74, 6) is 0.243. The summed E-state index contributed by atoms with van der Waals surface area (Å²) in [4.78, 5) is 11.6. The largest absolute Gasteiger partial charge is 0.495 e. The van der Waals surface area contributed by atoms with Crippen molar-refractivity contribution in [1.82, 2.24) is 0 Å². The third-order valence-corrected chi connectivity index (χ3v) is 2.87. The van der Waals surface area contributed by atoms with E-state index in [0.717, 1.165) is 5.69 Å². The summed E-state index contributed by atoms with van der Waals surface area (Å²) in [6.45, 7) is 2.20. The SMILES string of the molecule is COCCC(C)(Nc1ccccc1OC)C(N)=O. The number of para-hydroxylation sites is 2. The lowest BCUT2D eigenvalue weighted by atomic mass is 9.96. The molecule has 1 amide bonds. The minimum absolute atomic E-state index is 0.426. The van der Waals surface area contributed by atoms with Crippen LogP contribution in [0.3, 0.4) is 0 Å². The molecule has 0 aromatic heterocycles. The Bertz CT molecular complexity index is 409. The van der Waals surface area contributed by atoms with Crippen molar-refractivity contribution in [2.75, 3.05) is 26.1 Å². The van der Waals surface area contributed by atoms with E-state index in [2.05, 4.69) is 5.32 Å². The van der Waals surface area contributed by atoms with E-state index in [1.165, 1.54) is 0 Å². The minimum Gasteiger partial charge on any atom is -0.495 e. The third-order valence-electron chi connectivity index (χ3n) is 2.87. The molecule has 1 atom stereocenters. The Morgan fingerprint density at radius 2 is 2.06 bits per heavy atom. The van der Waals surface area contributed by atoms with Gasteiger partial charge in [0.15, 0.2) is 0 Å². The fraction of sp³-hybridized carbons (Fsp3) is 0.462. The van der Waals surface area contributed by atoms with Crippen LogP contribution in [-0.2, 0) is 9.53 Å². The summed E-state index contributed by atoms with van der Waals surface area (Å²) in [6.07, 6.45) is 0.483. The van der Waals surface area contributed by atoms with Crippen LogP contribution in [0.15, 0.2) is 24.3 Å². The molecule has 5 heteroatoms. The van der Waals surface area contributed by atoms with E-state index in [-0.39, 0.29) is 0 Å². The zero-order valence-corrected chi connectivity index (χ0v) is 11.0. The van der Waals surface area contributed by atoms with Crippen LogP contribution in [0.1, 0.15) is 13.3 Å². The molecule has 1 aromatic rings. The highest BCUT2D eigenvalue weighted by Crippen LogP contribution is 2.27. The van der Waals surface area contributed by atoms with Crippen LogP contribution in [0, 0.1) is 0 Å². The van der Waals surface area contributed by atoms with Crippen molar-refractivity contribution in [1.29, 1.82) is 0 Å². The van der Waals surface area contributed by atoms with Gasteiger partial charge in [-0.15, -0.1) is 0 Å². The molecule has 100 valence electrons. The Morgan fingerprint density at radius 3 is 2.61 bits per heavy atom. The van der Waals surface area contributed by atoms with Crippen LogP contribution in [-0.4, -0.2) is 32.3 Å². The first-order valence-electron chi connectivity index (χ1n) is 5.73. The number of carbonyl (C=O) groups excluding carboxylic acids is 1. The number of carbonyl (C=O) groups is 1. The molecule has 0 aliphatic rings. The van der Waals surface area contributed by atoms with Gasteiger partial charge in [0.05, 0.1) is 12.8 Å². The Kier molecular flexibility index (Phi) is 4.97. The van der Waals surface area contributed by atoms with Gasteiger partial charge in [0.25, 0.3) is 0 Å². The van der Waals surface area contributed by atoms with Crippen LogP contribution >= 0.6 is 0 Å². The fourth-order valence-electron chi connectivity index (χ4n) is 1.60. The Hall–Kier alpha value is -1.75. The van der Waals surface area contributed by atoms with Crippen molar-refractivity contribution in [3.8, 4) is 5.75 Å². The first-order chi connectivity index (χ1) is 8.53. The zero-order chi connectivity index (χ0) is 13.6. The van der Waals surface area contributed by atoms with Gasteiger partial charge in [0.1, 0.15) is 11.3 Å². The van der Waals surface area contributed by atoms with Crippen molar-refractivity contribution in [2.45, 2.75) is 18.9 Å². The highest BCUT2D eigenvalue weighted by molar-refractivity contribution is 5.88. The third kappa shape index (κ3) is 3.37. The van der Waals surface area contributed by atoms with Gasteiger partial charge in [-0.2, -0.15) is 0 Å². The number of amides is 1. The van der Waals surface area contributed by atoms with Crippen molar-refractivity contribution >= 4 is 11.6 Å². The predicted molar refractivity (Wildman–Crippen MR) is 70.7 cm³/mol. The molecule has 1 aromatic carbocycles. The molecule has 0 spiro atoms. The maximum Gasteiger partial charge on any atom is 0.242 e. The molecule has 0 aliphatic heterocycles. The molecular formula is C13H20N2O3. The van der Waals surface area contributed by atoms with Gasteiger partial charge in [-0.3, -0.25) is 4.79 Å². The summed E-state index contributed by atoms with van der Waals surface area (Å²) in [5.41, 5.74) is 5.32. The molecule has 0 saturated heterocycles. The van der Waals surface area contributed by atoms with E-state index in [0.29, 0.717) is 18.8 Å². The molecule has 18 heavy (non-hydrogen) atoms. The highest BCUT2D eigenvalue weighted by Gasteiger charge is 2.31. The van der Waals surface area contributed by atoms with Crippen LogP contribution in [0.2, 0.25) is 0 Å². The lowest BCUT2D eigenvalue weighted by Gasteiger charge is -2.29. The Balaban J connectivity index is 2.92. The molecule has 0 fully saturated rings. The standard InChI is InChI=1S/C13H20N2O3/c1-13(12(14)16,8-9-17-2)15-10-6-4-5-7-11(10)18-3/h4-7,15H,8-9H2,1-3H3,(H2,14,16). The zero-order valence-electron chi connectivity index (χ0n) is 11.0. The summed E-state index contributed by atoms with van der Waals surface area (Å²) in [5, 5.41) is 3.13. The van der Waals surface area contributed by atoms with Gasteiger partial charge in [-0.1, -0.05) is 12.1 Å². The molecule has 0 heterocycles. The number of ether oxygens (including phenoxy) is 2. The smallest absolute Gasteiger partial charge is 0.242 e. The molecule has 1 unspecified atom stereocenters. The highest BCUT2D eigenvalue weighted by atomic mass is 16.5. The molecule has 0 aliphatic carbocycles. The van der Waals surface area contributed by atoms with Gasteiger partial charge in [0, 0.05) is 20.1 Å². The first kappa shape index (κ1) is 14.3. The molecule has 1 rings (SSSR count). The summed E-state index contributed by atoms with van der Waals surface area (Å²) in [6, 6.07) is 7.39. The van der Waals surface area contributed by atoms with Gasteiger partial charge < -0.3 is 20.5 Å². The fourth-order valence-corrected chi connectivity index (χ4v) is 1.60. The molecule has 5 nitrogen and oxygen atoms in total. The number of primary amides is 1. The van der Waals surface area contributed by atoms with E-state index in [9.17, 15) is 4.79 Å². The number of anilines is 1. The number of hydrogen-bond donors (Lipinski definition) is 2. The predicted octanol–water partition coefficient (Wildman–Crippen LogP) is 1.39. The maximum atomic E-state index is 11.6. The number of rotatable bonds is 7. The van der Waals surface area contributed by atoms with Crippen LogP contribution in [0.25, 0.3) is 0 Å². The summed E-state index contributed by atoms with van der Waals surface area (Å²) < 4.78 is 10.2. The molecular weight excluding hydrogens is 232 g/mol. The van der Waals surface area contributed by atoms with Crippen molar-refractivity contribution in [3.63, 3.8) is 0 Å². The average Bonchev–Trinajstić information content (AvgIpc) is 2.37. The van der Waals surface area contributed by atoms with Crippen LogP contribution in [0.4, 0.5) is 5.69 Å². The van der Waals surface area contributed by atoms with E-state index < -0.39 is 11.4 Å². The lowest BCUT2D eigenvalue weighted by Crippen LogP contribution is -2.48. The molecule has 0 radical (unpaired) electrons. The maximum absolute atomic E-state index is 11.6. The Morgan fingerprint density at radius 1 is 1.39 bits per heavy atom. The van der Waals surface area contributed by atoms with Crippen LogP contribution < -0.4 is 15.8 Å². The average molecular weight is 252 g/mol. The second kappa shape index (κ2) is 6.26. The second-order valence-corrected chi connectivity index (χ2v) is 4.26. The van der Waals surface area contributed by atoms with E-state index >= 15 is 0 Å². The van der Waals surface area contributed by atoms with Gasteiger partial charge in [-0.05, 0) is 19.1 Å². The number of hydrogen-bond acceptors (Lipinski definition) is 4. The van der Waals surface area contributed by atoms with E-state index in [1.807, 2.05) is 24.3 Å². The monoisotopic (exact) mass is 252 g/mol. The van der Waals surface area contributed by atoms with Crippen molar-refractivity contribution < 1.29 is 14.3 Å². The lowest BCUT2D eigenvalue weighted by molar-refractivity contribution is -0.122. The second-order valence-electron chi connectivity index (χ2n) is 4.26. The normalized spacial score (nSPS) is 13.7. The van der Waals surface area contributed by atoms with E-state index in [4.69, 9.17) is 15.2 Å². The minimum atomic E-state index is -0.870. The summed E-state index contributed by atoms with van der Waals surface area (Å²) in [7, 11) is 3.17. The van der Waals surface area contributed by atoms with Gasteiger partial charge in [-0.25, -0.2) is 0 Å². The molecule has 0 bridgehead atoms. The number of nitrogens with one attached hydrogen (secondary N) is 1. The number of benzene rings is 1. The Labute approximate surface area is 107 Å². The topological polar surface area (TPSA) is 73.6 Å². The van der Waals surface area contributed by atoms with Crippen LogP contribution in [0.5, 0.6) is 5.75 Å². The molecule has 0 saturated carbocycles. The van der Waals surface area contributed by atoms with E-state index in [1.54, 1.807) is 21.1 Å². The van der Waals surface area contributed by atoms with Gasteiger partial charge >= 0.3 is 0 Å². The quantitative estimate of drug-likeness (QED) is 0.769. The molecule has 3 N–H and O–H groups in total. The van der Waals surface area contributed by atoms with Crippen molar-refractivity contribution in [3.05, 3.63) is 24.3 Å². The summed E-state index contributed by atoms with van der Waals surface area (Å²) >= 11 is 0.